The number of hydrogen-bond donors (Lipinski definition) is 1. The van der Waals surface area contributed by atoms with Gasteiger partial charge in [0.05, 0.1) is 5.92 Å². The van der Waals surface area contributed by atoms with Gasteiger partial charge in [0.2, 0.25) is 12.7 Å². The second-order valence-electron chi connectivity index (χ2n) is 6.82. The highest BCUT2D eigenvalue weighted by Crippen LogP contribution is 2.34. The molecule has 0 saturated carbocycles. The van der Waals surface area contributed by atoms with E-state index < -0.39 is 0 Å². The molecule has 0 aliphatic carbocycles. The molecule has 1 N–H and O–H groups in total. The van der Waals surface area contributed by atoms with Gasteiger partial charge in [-0.2, -0.15) is 0 Å². The molecule has 7 heteroatoms. The molecular weight excluding hydrogens is 322 g/mol. The average molecular weight is 345 g/mol. The van der Waals surface area contributed by atoms with Crippen LogP contribution in [0.25, 0.3) is 0 Å². The standard InChI is InChI=1S/C18H23N3O4/c22-17(19-14-5-6-15-16(10-14)25-12-24-15)13-4-3-9-21(11-13)18(23)20-7-1-2-8-20/h5-6,10,13H,1-4,7-9,11-12H2,(H,19,22)/t13-/m0/s1. The third-order valence-corrected chi connectivity index (χ3v) is 5.08. The first kappa shape index (κ1) is 16.1. The van der Waals surface area contributed by atoms with Crippen LogP contribution in [0.1, 0.15) is 25.7 Å². The van der Waals surface area contributed by atoms with Gasteiger partial charge < -0.3 is 24.6 Å². The van der Waals surface area contributed by atoms with Crippen molar-refractivity contribution in [3.8, 4) is 11.5 Å². The zero-order valence-corrected chi connectivity index (χ0v) is 14.2. The van der Waals surface area contributed by atoms with Crippen molar-refractivity contribution in [2.75, 3.05) is 38.3 Å². The van der Waals surface area contributed by atoms with Crippen molar-refractivity contribution in [1.29, 1.82) is 0 Å². The van der Waals surface area contributed by atoms with Crippen LogP contribution >= 0.6 is 0 Å². The summed E-state index contributed by atoms with van der Waals surface area (Å²) in [5.41, 5.74) is 0.692. The molecule has 4 rings (SSSR count). The van der Waals surface area contributed by atoms with Crippen LogP contribution in [0, 0.1) is 5.92 Å². The molecule has 3 aliphatic heterocycles. The molecule has 7 nitrogen and oxygen atoms in total. The minimum atomic E-state index is -0.175. The van der Waals surface area contributed by atoms with Crippen molar-refractivity contribution in [2.24, 2.45) is 5.92 Å². The van der Waals surface area contributed by atoms with Gasteiger partial charge in [-0.25, -0.2) is 4.79 Å². The third kappa shape index (κ3) is 3.36. The number of amides is 3. The molecule has 0 unspecified atom stereocenters. The topological polar surface area (TPSA) is 71.1 Å². The van der Waals surface area contributed by atoms with E-state index in [9.17, 15) is 9.59 Å². The Hall–Kier alpha value is -2.44. The number of nitrogens with zero attached hydrogens (tertiary/aromatic N) is 2. The number of ether oxygens (including phenoxy) is 2. The van der Waals surface area contributed by atoms with Crippen LogP contribution in [-0.2, 0) is 4.79 Å². The molecule has 0 bridgehead atoms. The maximum absolute atomic E-state index is 12.6. The number of fused-ring (bicyclic) bond motifs is 1. The molecule has 1 atom stereocenters. The van der Waals surface area contributed by atoms with Gasteiger partial charge in [-0.05, 0) is 37.8 Å². The summed E-state index contributed by atoms with van der Waals surface area (Å²) in [6, 6.07) is 5.46. The van der Waals surface area contributed by atoms with E-state index >= 15 is 0 Å². The first-order valence-corrected chi connectivity index (χ1v) is 8.95. The Morgan fingerprint density at radius 3 is 2.60 bits per heavy atom. The number of nitrogens with one attached hydrogen (secondary N) is 1. The Bertz CT molecular complexity index is 672. The highest BCUT2D eigenvalue weighted by molar-refractivity contribution is 5.93. The molecule has 25 heavy (non-hydrogen) atoms. The molecule has 2 saturated heterocycles. The number of urea groups is 1. The summed E-state index contributed by atoms with van der Waals surface area (Å²) >= 11 is 0. The lowest BCUT2D eigenvalue weighted by Crippen LogP contribution is -2.48. The molecule has 2 fully saturated rings. The van der Waals surface area contributed by atoms with E-state index in [0.29, 0.717) is 23.7 Å². The average Bonchev–Trinajstić information content (AvgIpc) is 3.32. The van der Waals surface area contributed by atoms with Crippen molar-refractivity contribution >= 4 is 17.6 Å². The van der Waals surface area contributed by atoms with Gasteiger partial charge in [-0.3, -0.25) is 4.79 Å². The highest BCUT2D eigenvalue weighted by Gasteiger charge is 2.31. The molecule has 3 aliphatic rings. The van der Waals surface area contributed by atoms with Crippen molar-refractivity contribution in [2.45, 2.75) is 25.7 Å². The van der Waals surface area contributed by atoms with Gasteiger partial charge in [0.15, 0.2) is 11.5 Å². The van der Waals surface area contributed by atoms with Gasteiger partial charge >= 0.3 is 6.03 Å². The lowest BCUT2D eigenvalue weighted by atomic mass is 9.97. The lowest BCUT2D eigenvalue weighted by molar-refractivity contribution is -0.121. The predicted octanol–water partition coefficient (Wildman–Crippen LogP) is 2.28. The molecule has 1 aromatic carbocycles. The maximum Gasteiger partial charge on any atom is 0.320 e. The Morgan fingerprint density at radius 2 is 1.76 bits per heavy atom. The summed E-state index contributed by atoms with van der Waals surface area (Å²) in [6.45, 7) is 3.12. The van der Waals surface area contributed by atoms with Crippen LogP contribution in [0.2, 0.25) is 0 Å². The van der Waals surface area contributed by atoms with Gasteiger partial charge in [0, 0.05) is 37.9 Å². The molecule has 0 radical (unpaired) electrons. The van der Waals surface area contributed by atoms with E-state index in [-0.39, 0.29) is 24.6 Å². The lowest BCUT2D eigenvalue weighted by Gasteiger charge is -2.34. The van der Waals surface area contributed by atoms with E-state index in [4.69, 9.17) is 9.47 Å². The number of benzene rings is 1. The maximum atomic E-state index is 12.6. The monoisotopic (exact) mass is 345 g/mol. The minimum absolute atomic E-state index is 0.0437. The number of carbonyl (C=O) groups is 2. The second kappa shape index (κ2) is 6.82. The molecular formula is C18H23N3O4. The molecule has 1 aromatic rings. The summed E-state index contributed by atoms with van der Waals surface area (Å²) in [4.78, 5) is 28.9. The van der Waals surface area contributed by atoms with Crippen LogP contribution in [0.3, 0.4) is 0 Å². The van der Waals surface area contributed by atoms with Crippen molar-refractivity contribution in [3.63, 3.8) is 0 Å². The van der Waals surface area contributed by atoms with Crippen LogP contribution in [0.15, 0.2) is 18.2 Å². The van der Waals surface area contributed by atoms with E-state index in [1.54, 1.807) is 18.2 Å². The fourth-order valence-electron chi connectivity index (χ4n) is 3.69. The minimum Gasteiger partial charge on any atom is -0.454 e. The Balaban J connectivity index is 1.37. The molecule has 134 valence electrons. The summed E-state index contributed by atoms with van der Waals surface area (Å²) in [7, 11) is 0. The van der Waals surface area contributed by atoms with E-state index in [1.807, 2.05) is 9.80 Å². The van der Waals surface area contributed by atoms with Gasteiger partial charge in [0.1, 0.15) is 0 Å². The van der Waals surface area contributed by atoms with Crippen LogP contribution in [-0.4, -0.2) is 54.7 Å². The third-order valence-electron chi connectivity index (χ3n) is 5.08. The molecule has 3 amide bonds. The first-order valence-electron chi connectivity index (χ1n) is 8.95. The second-order valence-corrected chi connectivity index (χ2v) is 6.82. The van der Waals surface area contributed by atoms with E-state index in [2.05, 4.69) is 5.32 Å². The Morgan fingerprint density at radius 1 is 1.00 bits per heavy atom. The SMILES string of the molecule is O=C(Nc1ccc2c(c1)OCO2)[C@H]1CCCN(C(=O)N2CCCC2)C1. The largest absolute Gasteiger partial charge is 0.454 e. The Kier molecular flexibility index (Phi) is 4.38. The van der Waals surface area contributed by atoms with Gasteiger partial charge in [-0.1, -0.05) is 0 Å². The quantitative estimate of drug-likeness (QED) is 0.893. The Labute approximate surface area is 146 Å². The normalized spacial score (nSPS) is 22.2. The van der Waals surface area contributed by atoms with E-state index in [1.165, 1.54) is 0 Å². The number of carbonyl (C=O) groups excluding carboxylic acids is 2. The molecule has 3 heterocycles. The van der Waals surface area contributed by atoms with Gasteiger partial charge in [0.25, 0.3) is 0 Å². The fourth-order valence-corrected chi connectivity index (χ4v) is 3.69. The van der Waals surface area contributed by atoms with Crippen molar-refractivity contribution < 1.29 is 19.1 Å². The highest BCUT2D eigenvalue weighted by atomic mass is 16.7. The van der Waals surface area contributed by atoms with Crippen LogP contribution < -0.4 is 14.8 Å². The molecule has 0 aromatic heterocycles. The number of rotatable bonds is 2. The van der Waals surface area contributed by atoms with Gasteiger partial charge in [-0.15, -0.1) is 0 Å². The fraction of sp³-hybridized carbons (Fsp3) is 0.556. The summed E-state index contributed by atoms with van der Waals surface area (Å²) in [5, 5.41) is 2.94. The number of hydrogen-bond acceptors (Lipinski definition) is 4. The zero-order valence-electron chi connectivity index (χ0n) is 14.2. The number of piperidine rings is 1. The summed E-state index contributed by atoms with van der Waals surface area (Å²) in [5.74, 6) is 1.12. The van der Waals surface area contributed by atoms with Crippen molar-refractivity contribution in [3.05, 3.63) is 18.2 Å². The number of anilines is 1. The van der Waals surface area contributed by atoms with Crippen LogP contribution in [0.4, 0.5) is 10.5 Å². The first-order chi connectivity index (χ1) is 12.2. The summed E-state index contributed by atoms with van der Waals surface area (Å²) in [6.07, 6.45) is 3.82. The predicted molar refractivity (Wildman–Crippen MR) is 91.7 cm³/mol. The molecule has 0 spiro atoms. The zero-order chi connectivity index (χ0) is 17.2. The summed E-state index contributed by atoms with van der Waals surface area (Å²) < 4.78 is 10.6. The van der Waals surface area contributed by atoms with Crippen molar-refractivity contribution in [1.82, 2.24) is 9.80 Å². The van der Waals surface area contributed by atoms with E-state index in [0.717, 1.165) is 45.3 Å². The smallest absolute Gasteiger partial charge is 0.320 e. The van der Waals surface area contributed by atoms with Crippen LogP contribution in [0.5, 0.6) is 11.5 Å². The number of likely N-dealkylation sites (tertiary alicyclic amines) is 2.